The average Bonchev–Trinajstić information content (AvgIpc) is 3.67. The van der Waals surface area contributed by atoms with Crippen molar-refractivity contribution in [2.24, 2.45) is 4.99 Å². The zero-order chi connectivity index (χ0) is 32.4. The molecule has 4 aromatic rings. The lowest BCUT2D eigenvalue weighted by molar-refractivity contribution is -0.102. The van der Waals surface area contributed by atoms with Gasteiger partial charge in [0, 0.05) is 23.6 Å². The molecular weight excluding hydrogens is 591 g/mol. The monoisotopic (exact) mass is 632 g/mol. The van der Waals surface area contributed by atoms with Crippen LogP contribution in [0.2, 0.25) is 0 Å². The molecule has 0 radical (unpaired) electrons. The molecule has 244 valence electrons. The lowest BCUT2D eigenvalue weighted by Crippen LogP contribution is -2.38. The molecule has 2 aliphatic rings. The van der Waals surface area contributed by atoms with Crippen molar-refractivity contribution in [1.82, 2.24) is 24.6 Å². The Morgan fingerprint density at radius 3 is 2.48 bits per heavy atom. The Hall–Kier alpha value is -3.97. The summed E-state index contributed by atoms with van der Waals surface area (Å²) in [4.78, 5) is 28.2. The standard InChI is InChI=1S/C34H41FN6O5/c1-4-7-29-28(18-22-10-12-23(13-11-22)26-8-5-6-9-27(26)30-37-33(43)46-39-30)31(42)40(32-36-21(2)38-41(29)32)24-14-16-25(17-15-24)45-20-34(3,44)19-35/h5-6,8-13,24-25,33,43-44H,4,7,14-20H2,1-3H3,(H,37,39). The maximum atomic E-state index is 14.4. The summed E-state index contributed by atoms with van der Waals surface area (Å²) in [6.45, 7) is 4.44. The highest BCUT2D eigenvalue weighted by molar-refractivity contribution is 6.04. The van der Waals surface area contributed by atoms with E-state index in [9.17, 15) is 19.4 Å². The van der Waals surface area contributed by atoms with E-state index in [0.717, 1.165) is 34.4 Å². The van der Waals surface area contributed by atoms with Crippen LogP contribution in [0.4, 0.5) is 4.39 Å². The van der Waals surface area contributed by atoms with Crippen molar-refractivity contribution < 1.29 is 24.2 Å². The molecule has 11 nitrogen and oxygen atoms in total. The zero-order valence-electron chi connectivity index (χ0n) is 26.4. The fraction of sp³-hybridized carbons (Fsp3) is 0.471. The minimum atomic E-state index is -1.49. The number of aliphatic hydroxyl groups excluding tert-OH is 1. The maximum Gasteiger partial charge on any atom is 0.280 e. The molecule has 1 aliphatic heterocycles. The Balaban J connectivity index is 1.30. The number of halogens is 1. The van der Waals surface area contributed by atoms with Crippen LogP contribution in [0.1, 0.15) is 80.2 Å². The lowest BCUT2D eigenvalue weighted by atomic mass is 9.92. The van der Waals surface area contributed by atoms with Gasteiger partial charge in [0.1, 0.15) is 18.1 Å². The van der Waals surface area contributed by atoms with Crippen molar-refractivity contribution in [3.05, 3.63) is 87.1 Å². The number of hydrogen-bond acceptors (Lipinski definition) is 9. The van der Waals surface area contributed by atoms with Gasteiger partial charge in [-0.05, 0) is 62.6 Å². The largest absolute Gasteiger partial charge is 0.385 e. The molecular formula is C34H41FN6O5. The first kappa shape index (κ1) is 32.0. The number of aryl methyl sites for hydroxylation is 2. The molecule has 1 aliphatic carbocycles. The quantitative estimate of drug-likeness (QED) is 0.224. The number of aliphatic hydroxyl groups is 2. The minimum absolute atomic E-state index is 0.0496. The van der Waals surface area contributed by atoms with Crippen molar-refractivity contribution in [2.45, 2.75) is 89.9 Å². The number of hydroxylamine groups is 1. The van der Waals surface area contributed by atoms with Gasteiger partial charge in [-0.15, -0.1) is 0 Å². The first-order valence-electron chi connectivity index (χ1n) is 15.9. The second kappa shape index (κ2) is 13.4. The number of fused-ring (bicyclic) bond motifs is 1. The van der Waals surface area contributed by atoms with E-state index in [4.69, 9.17) is 19.7 Å². The van der Waals surface area contributed by atoms with Gasteiger partial charge in [0.15, 0.2) is 5.84 Å². The summed E-state index contributed by atoms with van der Waals surface area (Å²) in [7, 11) is 0. The Bertz CT molecular complexity index is 1780. The molecule has 3 N–H and O–H groups in total. The molecule has 2 aromatic carbocycles. The molecule has 3 heterocycles. The van der Waals surface area contributed by atoms with Crippen LogP contribution in [0.25, 0.3) is 16.9 Å². The number of nitrogens with one attached hydrogen (secondary N) is 1. The normalized spacial score (nSPS) is 21.3. The van der Waals surface area contributed by atoms with Crippen LogP contribution in [0.5, 0.6) is 0 Å². The number of amidine groups is 1. The fourth-order valence-electron chi connectivity index (χ4n) is 6.38. The number of benzene rings is 2. The van der Waals surface area contributed by atoms with Gasteiger partial charge in [0.2, 0.25) is 5.78 Å². The molecule has 0 spiro atoms. The van der Waals surface area contributed by atoms with E-state index in [1.54, 1.807) is 0 Å². The Kier molecular flexibility index (Phi) is 9.32. The van der Waals surface area contributed by atoms with E-state index >= 15 is 0 Å². The number of aromatic nitrogens is 4. The molecule has 0 saturated heterocycles. The molecule has 12 heteroatoms. The summed E-state index contributed by atoms with van der Waals surface area (Å²) in [5, 5.41) is 24.4. The van der Waals surface area contributed by atoms with E-state index < -0.39 is 18.7 Å². The highest BCUT2D eigenvalue weighted by atomic mass is 19.1. The number of ether oxygens (including phenoxy) is 1. The maximum absolute atomic E-state index is 14.4. The van der Waals surface area contributed by atoms with Gasteiger partial charge in [-0.1, -0.05) is 61.9 Å². The molecule has 1 saturated carbocycles. The van der Waals surface area contributed by atoms with Gasteiger partial charge in [0.05, 0.1) is 18.4 Å². The molecule has 1 fully saturated rings. The van der Waals surface area contributed by atoms with E-state index in [2.05, 4.69) is 17.4 Å². The van der Waals surface area contributed by atoms with Crippen molar-refractivity contribution >= 4 is 11.6 Å². The topological polar surface area (TPSA) is 136 Å². The third kappa shape index (κ3) is 6.61. The summed E-state index contributed by atoms with van der Waals surface area (Å²) >= 11 is 0. The van der Waals surface area contributed by atoms with Crippen LogP contribution in [-0.4, -0.2) is 66.6 Å². The van der Waals surface area contributed by atoms with Crippen LogP contribution in [-0.2, 0) is 22.4 Å². The summed E-state index contributed by atoms with van der Waals surface area (Å²) in [6.07, 6.45) is 3.43. The number of alkyl halides is 1. The molecule has 2 atom stereocenters. The van der Waals surface area contributed by atoms with Gasteiger partial charge in [-0.3, -0.25) is 9.36 Å². The Labute approximate surface area is 266 Å². The van der Waals surface area contributed by atoms with E-state index in [1.807, 2.05) is 64.5 Å². The second-order valence-electron chi connectivity index (χ2n) is 12.5. The number of hydrogen-bond donors (Lipinski definition) is 3. The van der Waals surface area contributed by atoms with E-state index in [-0.39, 0.29) is 24.3 Å². The Morgan fingerprint density at radius 2 is 1.83 bits per heavy atom. The van der Waals surface area contributed by atoms with Crippen LogP contribution < -0.4 is 11.0 Å². The average molecular weight is 633 g/mol. The molecule has 0 amide bonds. The van der Waals surface area contributed by atoms with Gasteiger partial charge in [-0.2, -0.15) is 10.1 Å². The Morgan fingerprint density at radius 1 is 1.11 bits per heavy atom. The SMILES string of the molecule is CCCc1c(Cc2ccc(-c3ccccc3C3=NC(O)ON3)cc2)c(=O)n(C2CCC(OCC(C)(O)CF)CC2)c2nc(C)nn12. The van der Waals surface area contributed by atoms with Crippen LogP contribution >= 0.6 is 0 Å². The molecule has 46 heavy (non-hydrogen) atoms. The van der Waals surface area contributed by atoms with Gasteiger partial charge < -0.3 is 14.9 Å². The summed E-state index contributed by atoms with van der Waals surface area (Å²) in [6, 6.07) is 15.8. The first-order chi connectivity index (χ1) is 22.2. The fourth-order valence-corrected chi connectivity index (χ4v) is 6.38. The van der Waals surface area contributed by atoms with Crippen molar-refractivity contribution in [2.75, 3.05) is 13.3 Å². The summed E-state index contributed by atoms with van der Waals surface area (Å²) < 4.78 is 22.6. The number of aliphatic imine (C=N–C) groups is 1. The van der Waals surface area contributed by atoms with Crippen LogP contribution in [0, 0.1) is 6.92 Å². The van der Waals surface area contributed by atoms with Gasteiger partial charge >= 0.3 is 0 Å². The van der Waals surface area contributed by atoms with Crippen molar-refractivity contribution in [1.29, 1.82) is 0 Å². The predicted molar refractivity (Wildman–Crippen MR) is 171 cm³/mol. The van der Waals surface area contributed by atoms with E-state index in [1.165, 1.54) is 6.92 Å². The predicted octanol–water partition coefficient (Wildman–Crippen LogP) is 4.19. The molecule has 6 rings (SSSR count). The first-order valence-corrected chi connectivity index (χ1v) is 15.9. The van der Waals surface area contributed by atoms with Crippen molar-refractivity contribution in [3.63, 3.8) is 0 Å². The second-order valence-corrected chi connectivity index (χ2v) is 12.5. The summed E-state index contributed by atoms with van der Waals surface area (Å²) in [5.74, 6) is 1.62. The summed E-state index contributed by atoms with van der Waals surface area (Å²) in [5.41, 5.74) is 6.42. The highest BCUT2D eigenvalue weighted by Crippen LogP contribution is 2.32. The lowest BCUT2D eigenvalue weighted by Gasteiger charge is -2.32. The van der Waals surface area contributed by atoms with Gasteiger partial charge in [0.25, 0.3) is 12.0 Å². The highest BCUT2D eigenvalue weighted by Gasteiger charge is 2.30. The third-order valence-electron chi connectivity index (χ3n) is 8.73. The zero-order valence-corrected chi connectivity index (χ0v) is 26.4. The van der Waals surface area contributed by atoms with E-state index in [0.29, 0.717) is 61.5 Å². The molecule has 0 bridgehead atoms. The molecule has 2 aromatic heterocycles. The number of rotatable bonds is 11. The van der Waals surface area contributed by atoms with Crippen LogP contribution in [0.15, 0.2) is 58.3 Å². The smallest absolute Gasteiger partial charge is 0.280 e. The van der Waals surface area contributed by atoms with Gasteiger partial charge in [-0.25, -0.2) is 24.2 Å². The minimum Gasteiger partial charge on any atom is -0.385 e. The number of nitrogens with zero attached hydrogens (tertiary/aromatic N) is 5. The molecule has 2 unspecified atom stereocenters. The third-order valence-corrected chi connectivity index (χ3v) is 8.73. The van der Waals surface area contributed by atoms with Crippen molar-refractivity contribution in [3.8, 4) is 11.1 Å². The van der Waals surface area contributed by atoms with Crippen LogP contribution in [0.3, 0.4) is 0 Å².